The van der Waals surface area contributed by atoms with Crippen molar-refractivity contribution < 1.29 is 14.3 Å². The van der Waals surface area contributed by atoms with Crippen LogP contribution in [0, 0.1) is 19.7 Å². The first kappa shape index (κ1) is 18.3. The summed E-state index contributed by atoms with van der Waals surface area (Å²) in [4.78, 5) is 16.2. The van der Waals surface area contributed by atoms with Gasteiger partial charge >= 0.3 is 5.97 Å². The molecular formula is C20H16ClFN4O2. The molecule has 0 saturated carbocycles. The van der Waals surface area contributed by atoms with Gasteiger partial charge < -0.3 is 5.11 Å². The van der Waals surface area contributed by atoms with Crippen molar-refractivity contribution in [3.05, 3.63) is 75.6 Å². The third-order valence-corrected chi connectivity index (χ3v) is 4.94. The zero-order valence-corrected chi connectivity index (χ0v) is 15.9. The Hall–Kier alpha value is -3.06. The third kappa shape index (κ3) is 3.07. The number of hydrogen-bond donors (Lipinski definition) is 1. The van der Waals surface area contributed by atoms with Crippen LogP contribution in [0.2, 0.25) is 5.02 Å². The van der Waals surface area contributed by atoms with Crippen molar-refractivity contribution in [1.29, 1.82) is 0 Å². The third-order valence-electron chi connectivity index (χ3n) is 4.69. The first-order chi connectivity index (χ1) is 13.3. The topological polar surface area (TPSA) is 80.4 Å². The molecule has 8 heteroatoms. The van der Waals surface area contributed by atoms with Crippen LogP contribution in [0.5, 0.6) is 0 Å². The molecule has 3 aromatic rings. The summed E-state index contributed by atoms with van der Waals surface area (Å²) in [6.45, 7) is 3.41. The predicted molar refractivity (Wildman–Crippen MR) is 103 cm³/mol. The van der Waals surface area contributed by atoms with Crippen LogP contribution in [0.3, 0.4) is 0 Å². The molecule has 1 aliphatic rings. The molecule has 4 rings (SSSR count). The standard InChI is InChI=1S/C20H16ClFN4O2/c1-10-7-14-17(8-15(10)22)26-11(2)24-25-20(26)16(9-18(27)28)23-19(14)12-3-5-13(21)6-4-12/h3-8,16H,9H2,1-2H3,(H,27,28)/t16-/m0/s1. The minimum Gasteiger partial charge on any atom is -0.481 e. The van der Waals surface area contributed by atoms with Gasteiger partial charge in [0.2, 0.25) is 0 Å². The second kappa shape index (κ2) is 6.83. The highest BCUT2D eigenvalue weighted by Gasteiger charge is 2.30. The maximum Gasteiger partial charge on any atom is 0.306 e. The maximum absolute atomic E-state index is 14.5. The number of carboxylic acid groups (broad SMARTS) is 1. The van der Waals surface area contributed by atoms with Gasteiger partial charge in [-0.1, -0.05) is 23.7 Å². The van der Waals surface area contributed by atoms with Crippen molar-refractivity contribution >= 4 is 23.3 Å². The molecule has 1 aliphatic heterocycles. The molecule has 0 radical (unpaired) electrons. The maximum atomic E-state index is 14.5. The Morgan fingerprint density at radius 1 is 1.21 bits per heavy atom. The Morgan fingerprint density at radius 3 is 2.61 bits per heavy atom. The normalized spacial score (nSPS) is 15.4. The summed E-state index contributed by atoms with van der Waals surface area (Å²) in [7, 11) is 0. The number of aliphatic imine (C=N–C) groups is 1. The highest BCUT2D eigenvalue weighted by Crippen LogP contribution is 2.33. The number of fused-ring (bicyclic) bond motifs is 3. The van der Waals surface area contributed by atoms with E-state index in [1.807, 2.05) is 0 Å². The molecule has 0 unspecified atom stereocenters. The molecule has 0 spiro atoms. The fourth-order valence-corrected chi connectivity index (χ4v) is 3.49. The molecule has 6 nitrogen and oxygen atoms in total. The average Bonchev–Trinajstić information content (AvgIpc) is 2.97. The van der Waals surface area contributed by atoms with Gasteiger partial charge in [-0.2, -0.15) is 0 Å². The number of aryl methyl sites for hydroxylation is 2. The van der Waals surface area contributed by atoms with Gasteiger partial charge in [0.25, 0.3) is 0 Å². The van der Waals surface area contributed by atoms with E-state index in [-0.39, 0.29) is 12.2 Å². The Balaban J connectivity index is 2.05. The van der Waals surface area contributed by atoms with Crippen molar-refractivity contribution in [2.24, 2.45) is 4.99 Å². The van der Waals surface area contributed by atoms with Gasteiger partial charge in [-0.15, -0.1) is 10.2 Å². The van der Waals surface area contributed by atoms with Gasteiger partial charge in [0.15, 0.2) is 5.82 Å². The molecule has 2 aromatic carbocycles. The molecule has 1 aromatic heterocycles. The lowest BCUT2D eigenvalue weighted by molar-refractivity contribution is -0.137. The van der Waals surface area contributed by atoms with Gasteiger partial charge in [0.05, 0.1) is 17.8 Å². The number of aliphatic carboxylic acids is 1. The number of carbonyl (C=O) groups is 1. The molecule has 1 N–H and O–H groups in total. The molecule has 0 aliphatic carbocycles. The number of hydrogen-bond acceptors (Lipinski definition) is 4. The number of rotatable bonds is 3. The van der Waals surface area contributed by atoms with Crippen LogP contribution < -0.4 is 0 Å². The highest BCUT2D eigenvalue weighted by molar-refractivity contribution is 6.30. The van der Waals surface area contributed by atoms with Crippen molar-refractivity contribution in [3.63, 3.8) is 0 Å². The summed E-state index contributed by atoms with van der Waals surface area (Å²) >= 11 is 6.01. The van der Waals surface area contributed by atoms with Crippen molar-refractivity contribution in [1.82, 2.24) is 14.8 Å². The van der Waals surface area contributed by atoms with Crippen molar-refractivity contribution in [2.75, 3.05) is 0 Å². The highest BCUT2D eigenvalue weighted by atomic mass is 35.5. The van der Waals surface area contributed by atoms with Gasteiger partial charge in [-0.25, -0.2) is 4.39 Å². The van der Waals surface area contributed by atoms with Gasteiger partial charge in [-0.3, -0.25) is 14.4 Å². The van der Waals surface area contributed by atoms with E-state index >= 15 is 0 Å². The molecule has 28 heavy (non-hydrogen) atoms. The lowest BCUT2D eigenvalue weighted by Crippen LogP contribution is -2.10. The van der Waals surface area contributed by atoms with Gasteiger partial charge in [0, 0.05) is 16.1 Å². The zero-order chi connectivity index (χ0) is 20.0. The Bertz CT molecular complexity index is 1120. The van der Waals surface area contributed by atoms with Gasteiger partial charge in [-0.05, 0) is 43.7 Å². The summed E-state index contributed by atoms with van der Waals surface area (Å²) in [5.41, 5.74) is 2.99. The fourth-order valence-electron chi connectivity index (χ4n) is 3.36. The summed E-state index contributed by atoms with van der Waals surface area (Å²) in [5, 5.41) is 18.2. The first-order valence-electron chi connectivity index (χ1n) is 8.63. The first-order valence-corrected chi connectivity index (χ1v) is 9.01. The van der Waals surface area contributed by atoms with Crippen LogP contribution >= 0.6 is 11.6 Å². The SMILES string of the molecule is Cc1cc2c(cc1F)-n1c(C)nnc1[C@H](CC(=O)O)N=C2c1ccc(Cl)cc1. The average molecular weight is 399 g/mol. The largest absolute Gasteiger partial charge is 0.481 e. The smallest absolute Gasteiger partial charge is 0.306 e. The summed E-state index contributed by atoms with van der Waals surface area (Å²) < 4.78 is 16.1. The number of nitrogens with zero attached hydrogens (tertiary/aromatic N) is 4. The van der Waals surface area contributed by atoms with E-state index in [2.05, 4.69) is 10.2 Å². The Kier molecular flexibility index (Phi) is 4.47. The number of aromatic nitrogens is 3. The molecule has 0 amide bonds. The van der Waals surface area contributed by atoms with Crippen molar-refractivity contribution in [2.45, 2.75) is 26.3 Å². The molecule has 0 bridgehead atoms. The van der Waals surface area contributed by atoms with Crippen LogP contribution in [0.1, 0.15) is 40.8 Å². The molecule has 142 valence electrons. The van der Waals surface area contributed by atoms with Crippen LogP contribution in [-0.4, -0.2) is 31.6 Å². The quantitative estimate of drug-likeness (QED) is 0.721. The van der Waals surface area contributed by atoms with E-state index in [1.165, 1.54) is 6.07 Å². The molecule has 0 fully saturated rings. The van der Waals surface area contributed by atoms with E-state index in [9.17, 15) is 14.3 Å². The number of benzene rings is 2. The minimum absolute atomic E-state index is 0.259. The molecule has 2 heterocycles. The summed E-state index contributed by atoms with van der Waals surface area (Å²) in [6, 6.07) is 9.45. The zero-order valence-electron chi connectivity index (χ0n) is 15.1. The van der Waals surface area contributed by atoms with E-state index in [0.29, 0.717) is 39.2 Å². The molecule has 0 saturated heterocycles. The fraction of sp³-hybridized carbons (Fsp3) is 0.200. The summed E-state index contributed by atoms with van der Waals surface area (Å²) in [5.74, 6) is -0.481. The van der Waals surface area contributed by atoms with E-state index in [0.717, 1.165) is 5.56 Å². The number of halogens is 2. The Labute approximate surface area is 165 Å². The van der Waals surface area contributed by atoms with E-state index in [4.69, 9.17) is 16.6 Å². The van der Waals surface area contributed by atoms with Crippen LogP contribution in [-0.2, 0) is 4.79 Å². The summed E-state index contributed by atoms with van der Waals surface area (Å²) in [6.07, 6.45) is -0.259. The second-order valence-corrected chi connectivity index (χ2v) is 7.09. The van der Waals surface area contributed by atoms with Crippen LogP contribution in [0.15, 0.2) is 41.4 Å². The lowest BCUT2D eigenvalue weighted by Gasteiger charge is -2.14. The second-order valence-electron chi connectivity index (χ2n) is 6.66. The Morgan fingerprint density at radius 2 is 1.93 bits per heavy atom. The minimum atomic E-state index is -1.01. The van der Waals surface area contributed by atoms with Crippen LogP contribution in [0.25, 0.3) is 5.69 Å². The van der Waals surface area contributed by atoms with E-state index in [1.54, 1.807) is 48.7 Å². The monoisotopic (exact) mass is 398 g/mol. The molecule has 1 atom stereocenters. The van der Waals surface area contributed by atoms with Crippen molar-refractivity contribution in [3.8, 4) is 5.69 Å². The molecular weight excluding hydrogens is 383 g/mol. The van der Waals surface area contributed by atoms with E-state index < -0.39 is 12.0 Å². The number of carboxylic acids is 1. The van der Waals surface area contributed by atoms with Gasteiger partial charge in [0.1, 0.15) is 17.7 Å². The lowest BCUT2D eigenvalue weighted by atomic mass is 9.98. The predicted octanol–water partition coefficient (Wildman–Crippen LogP) is 4.04. The van der Waals surface area contributed by atoms with Crippen LogP contribution in [0.4, 0.5) is 4.39 Å².